The molecule has 2 heterocycles. The van der Waals surface area contributed by atoms with Crippen molar-refractivity contribution in [3.8, 4) is 0 Å². The molecule has 0 saturated heterocycles. The Labute approximate surface area is 120 Å². The number of pyridine rings is 1. The van der Waals surface area contributed by atoms with Crippen LogP contribution in [0.5, 0.6) is 0 Å². The largest absolute Gasteiger partial charge is 0.468 e. The lowest BCUT2D eigenvalue weighted by molar-refractivity contribution is 0.268. The molecule has 108 valence electrons. The molecule has 1 N–H and O–H groups in total. The normalized spacial score (nSPS) is 11.2. The van der Waals surface area contributed by atoms with Crippen LogP contribution >= 0.6 is 0 Å². The highest BCUT2D eigenvalue weighted by Gasteiger charge is 2.10. The van der Waals surface area contributed by atoms with Crippen LogP contribution in [0.4, 0.5) is 0 Å². The van der Waals surface area contributed by atoms with Gasteiger partial charge in [0.15, 0.2) is 0 Å². The number of hydrogen-bond acceptors (Lipinski definition) is 4. The quantitative estimate of drug-likeness (QED) is 0.803. The predicted octanol–water partition coefficient (Wildman–Crippen LogP) is 2.81. The number of hydrogen-bond donors (Lipinski definition) is 1. The average molecular weight is 273 g/mol. The number of rotatable bonds is 8. The number of nitrogens with zero attached hydrogens (tertiary/aromatic N) is 2. The maximum absolute atomic E-state index is 5.56. The first-order valence-corrected chi connectivity index (χ1v) is 7.20. The van der Waals surface area contributed by atoms with Crippen LogP contribution in [0.15, 0.2) is 41.3 Å². The Morgan fingerprint density at radius 3 is 2.65 bits per heavy atom. The third kappa shape index (κ3) is 4.18. The maximum atomic E-state index is 5.56. The average Bonchev–Trinajstić information content (AvgIpc) is 2.92. The number of furan rings is 1. The second-order valence-corrected chi connectivity index (χ2v) is 4.81. The van der Waals surface area contributed by atoms with Crippen LogP contribution in [-0.4, -0.2) is 23.0 Å². The molecule has 0 radical (unpaired) electrons. The van der Waals surface area contributed by atoms with Gasteiger partial charge >= 0.3 is 0 Å². The Hall–Kier alpha value is -1.65. The van der Waals surface area contributed by atoms with E-state index < -0.39 is 0 Å². The van der Waals surface area contributed by atoms with E-state index in [9.17, 15) is 0 Å². The Balaban J connectivity index is 1.97. The predicted molar refractivity (Wildman–Crippen MR) is 80.1 cm³/mol. The molecule has 0 unspecified atom stereocenters. The Morgan fingerprint density at radius 2 is 1.95 bits per heavy atom. The van der Waals surface area contributed by atoms with Crippen LogP contribution in [0, 0.1) is 0 Å². The van der Waals surface area contributed by atoms with Gasteiger partial charge in [-0.3, -0.25) is 9.88 Å². The highest BCUT2D eigenvalue weighted by atomic mass is 16.3. The lowest BCUT2D eigenvalue weighted by Gasteiger charge is -2.20. The van der Waals surface area contributed by atoms with Crippen LogP contribution < -0.4 is 5.32 Å². The van der Waals surface area contributed by atoms with Gasteiger partial charge in [-0.05, 0) is 36.9 Å². The van der Waals surface area contributed by atoms with Gasteiger partial charge in [-0.15, -0.1) is 0 Å². The fourth-order valence-corrected chi connectivity index (χ4v) is 2.17. The van der Waals surface area contributed by atoms with Crippen molar-refractivity contribution in [1.82, 2.24) is 15.2 Å². The summed E-state index contributed by atoms with van der Waals surface area (Å²) in [7, 11) is 0. The fourth-order valence-electron chi connectivity index (χ4n) is 2.17. The van der Waals surface area contributed by atoms with Gasteiger partial charge in [-0.2, -0.15) is 0 Å². The molecule has 0 aromatic carbocycles. The molecule has 0 atom stereocenters. The molecule has 0 fully saturated rings. The van der Waals surface area contributed by atoms with Gasteiger partial charge in [0.05, 0.1) is 12.8 Å². The number of aromatic nitrogens is 1. The minimum Gasteiger partial charge on any atom is -0.468 e. The molecule has 0 amide bonds. The van der Waals surface area contributed by atoms with E-state index in [1.165, 1.54) is 11.1 Å². The lowest BCUT2D eigenvalue weighted by atomic mass is 10.2. The smallest absolute Gasteiger partial charge is 0.122 e. The van der Waals surface area contributed by atoms with Crippen molar-refractivity contribution in [3.63, 3.8) is 0 Å². The molecule has 2 aromatic rings. The molecule has 2 aromatic heterocycles. The molecule has 4 heteroatoms. The molecule has 4 nitrogen and oxygen atoms in total. The van der Waals surface area contributed by atoms with Gasteiger partial charge in [0, 0.05) is 31.0 Å². The fraction of sp³-hybridized carbons (Fsp3) is 0.438. The molecule has 20 heavy (non-hydrogen) atoms. The van der Waals surface area contributed by atoms with Crippen LogP contribution in [0.2, 0.25) is 0 Å². The monoisotopic (exact) mass is 273 g/mol. The zero-order valence-electron chi connectivity index (χ0n) is 12.3. The van der Waals surface area contributed by atoms with Gasteiger partial charge in [0.2, 0.25) is 0 Å². The highest BCUT2D eigenvalue weighted by Crippen LogP contribution is 2.15. The third-order valence-corrected chi connectivity index (χ3v) is 3.37. The summed E-state index contributed by atoms with van der Waals surface area (Å²) < 4.78 is 5.56. The Kier molecular flexibility index (Phi) is 5.77. The van der Waals surface area contributed by atoms with E-state index in [1.54, 1.807) is 6.26 Å². The molecular formula is C16H23N3O. The van der Waals surface area contributed by atoms with Gasteiger partial charge in [0.1, 0.15) is 5.76 Å². The van der Waals surface area contributed by atoms with Crippen LogP contribution in [0.25, 0.3) is 0 Å². The summed E-state index contributed by atoms with van der Waals surface area (Å²) in [5.41, 5.74) is 2.56. The van der Waals surface area contributed by atoms with Crippen LogP contribution in [0.3, 0.4) is 0 Å². The standard InChI is InChI=1S/C16H23N3O/c1-3-17-11-16-15(7-10-20-16)13-19(4-2)12-14-5-8-18-9-6-14/h5-10,17H,3-4,11-13H2,1-2H3. The van der Waals surface area contributed by atoms with Gasteiger partial charge < -0.3 is 9.73 Å². The van der Waals surface area contributed by atoms with E-state index in [1.807, 2.05) is 12.4 Å². The topological polar surface area (TPSA) is 41.3 Å². The summed E-state index contributed by atoms with van der Waals surface area (Å²) in [5, 5.41) is 3.31. The SMILES string of the molecule is CCNCc1occc1CN(CC)Cc1ccncc1. The van der Waals surface area contributed by atoms with Crippen molar-refractivity contribution in [3.05, 3.63) is 53.7 Å². The van der Waals surface area contributed by atoms with Crippen molar-refractivity contribution in [2.24, 2.45) is 0 Å². The molecule has 0 bridgehead atoms. The van der Waals surface area contributed by atoms with E-state index in [0.29, 0.717) is 0 Å². The van der Waals surface area contributed by atoms with Gasteiger partial charge in [-0.1, -0.05) is 13.8 Å². The second-order valence-electron chi connectivity index (χ2n) is 4.81. The molecule has 0 aliphatic carbocycles. The molecule has 0 aliphatic rings. The summed E-state index contributed by atoms with van der Waals surface area (Å²) in [6, 6.07) is 6.21. The maximum Gasteiger partial charge on any atom is 0.122 e. The van der Waals surface area contributed by atoms with E-state index in [2.05, 4.69) is 47.2 Å². The lowest BCUT2D eigenvalue weighted by Crippen LogP contribution is -2.23. The summed E-state index contributed by atoms with van der Waals surface area (Å²) >= 11 is 0. The van der Waals surface area contributed by atoms with E-state index in [4.69, 9.17) is 4.42 Å². The summed E-state index contributed by atoms with van der Waals surface area (Å²) in [4.78, 5) is 6.46. The number of nitrogens with one attached hydrogen (secondary N) is 1. The van der Waals surface area contributed by atoms with Gasteiger partial charge in [0.25, 0.3) is 0 Å². The first-order valence-electron chi connectivity index (χ1n) is 7.20. The molecule has 0 spiro atoms. The van der Waals surface area contributed by atoms with Crippen LogP contribution in [-0.2, 0) is 19.6 Å². The van der Waals surface area contributed by atoms with Crippen molar-refractivity contribution in [2.75, 3.05) is 13.1 Å². The first kappa shape index (κ1) is 14.8. The molecule has 0 saturated carbocycles. The zero-order valence-corrected chi connectivity index (χ0v) is 12.3. The summed E-state index contributed by atoms with van der Waals surface area (Å²) in [6.07, 6.45) is 5.47. The minimum absolute atomic E-state index is 0.797. The Bertz CT molecular complexity index is 495. The van der Waals surface area contributed by atoms with Crippen molar-refractivity contribution < 1.29 is 4.42 Å². The highest BCUT2D eigenvalue weighted by molar-refractivity contribution is 5.17. The van der Waals surface area contributed by atoms with Gasteiger partial charge in [-0.25, -0.2) is 0 Å². The van der Waals surface area contributed by atoms with E-state index in [0.717, 1.165) is 38.5 Å². The van der Waals surface area contributed by atoms with E-state index in [-0.39, 0.29) is 0 Å². The van der Waals surface area contributed by atoms with Crippen molar-refractivity contribution in [1.29, 1.82) is 0 Å². The third-order valence-electron chi connectivity index (χ3n) is 3.37. The Morgan fingerprint density at radius 1 is 1.15 bits per heavy atom. The molecule has 0 aliphatic heterocycles. The van der Waals surface area contributed by atoms with Crippen molar-refractivity contribution >= 4 is 0 Å². The molecular weight excluding hydrogens is 250 g/mol. The summed E-state index contributed by atoms with van der Waals surface area (Å²) in [5.74, 6) is 1.04. The van der Waals surface area contributed by atoms with Crippen LogP contribution in [0.1, 0.15) is 30.7 Å². The van der Waals surface area contributed by atoms with Crippen molar-refractivity contribution in [2.45, 2.75) is 33.5 Å². The zero-order chi connectivity index (χ0) is 14.2. The van der Waals surface area contributed by atoms with E-state index >= 15 is 0 Å². The molecule has 2 rings (SSSR count). The second kappa shape index (κ2) is 7.82. The first-order chi connectivity index (χ1) is 9.83. The summed E-state index contributed by atoms with van der Waals surface area (Å²) in [6.45, 7) is 8.89. The minimum atomic E-state index is 0.797.